The Morgan fingerprint density at radius 1 is 1.07 bits per heavy atom. The van der Waals surface area contributed by atoms with Crippen molar-refractivity contribution in [1.82, 2.24) is 0 Å². The highest BCUT2D eigenvalue weighted by Crippen LogP contribution is 2.30. The quantitative estimate of drug-likeness (QED) is 0.546. The number of benzene rings is 2. The molecule has 0 saturated heterocycles. The van der Waals surface area contributed by atoms with E-state index in [1.807, 2.05) is 39.8 Å². The van der Waals surface area contributed by atoms with E-state index in [2.05, 4.69) is 36.5 Å². The van der Waals surface area contributed by atoms with Gasteiger partial charge < -0.3 is 16.8 Å². The van der Waals surface area contributed by atoms with Crippen LogP contribution in [-0.2, 0) is 11.2 Å². The first-order valence-corrected chi connectivity index (χ1v) is 10.9. The minimum Gasteiger partial charge on any atom is -0.331 e. The van der Waals surface area contributed by atoms with Gasteiger partial charge in [0.15, 0.2) is 0 Å². The summed E-state index contributed by atoms with van der Waals surface area (Å²) in [6.45, 7) is 11.3. The van der Waals surface area contributed by atoms with E-state index in [4.69, 9.17) is 23.1 Å². The summed E-state index contributed by atoms with van der Waals surface area (Å²) in [4.78, 5) is 12.7. The van der Waals surface area contributed by atoms with Gasteiger partial charge in [0.2, 0.25) is 5.91 Å². The third kappa shape index (κ3) is 9.93. The molecule has 5 N–H and O–H groups in total. The van der Waals surface area contributed by atoms with Crippen LogP contribution in [0.25, 0.3) is 0 Å². The maximum atomic E-state index is 12.7. The van der Waals surface area contributed by atoms with Crippen LogP contribution in [0.1, 0.15) is 58.1 Å². The summed E-state index contributed by atoms with van der Waals surface area (Å²) in [6, 6.07) is 15.6. The zero-order valence-corrected chi connectivity index (χ0v) is 19.3. The number of halogens is 1. The number of hydrogen-bond donors (Lipinski definition) is 3. The molecule has 2 atom stereocenters. The number of hydrogen-bond acceptors (Lipinski definition) is 3. The van der Waals surface area contributed by atoms with E-state index in [0.29, 0.717) is 17.3 Å². The molecule has 2 rings (SSSR count). The van der Waals surface area contributed by atoms with Crippen molar-refractivity contribution in [3.8, 4) is 0 Å². The molecular formula is C24H38ClN3O. The Balaban J connectivity index is 0.00000143. The van der Waals surface area contributed by atoms with Crippen LogP contribution in [0, 0.1) is 5.92 Å². The Labute approximate surface area is 182 Å². The summed E-state index contributed by atoms with van der Waals surface area (Å²) in [7, 11) is 0. The molecule has 2 aromatic rings. The van der Waals surface area contributed by atoms with Crippen molar-refractivity contribution in [2.75, 3.05) is 18.4 Å². The van der Waals surface area contributed by atoms with Gasteiger partial charge in [-0.15, -0.1) is 0 Å². The van der Waals surface area contributed by atoms with Gasteiger partial charge in [-0.25, -0.2) is 0 Å². The van der Waals surface area contributed by atoms with E-state index in [0.717, 1.165) is 19.4 Å². The second kappa shape index (κ2) is 16.0. The van der Waals surface area contributed by atoms with Crippen LogP contribution >= 0.6 is 11.6 Å². The monoisotopic (exact) mass is 419 g/mol. The summed E-state index contributed by atoms with van der Waals surface area (Å²) < 4.78 is 0. The normalized spacial score (nSPS) is 11.9. The van der Waals surface area contributed by atoms with Gasteiger partial charge in [-0.2, -0.15) is 0 Å². The number of anilines is 1. The Morgan fingerprint density at radius 2 is 1.69 bits per heavy atom. The van der Waals surface area contributed by atoms with Crippen LogP contribution in [0.4, 0.5) is 5.69 Å². The van der Waals surface area contributed by atoms with Crippen molar-refractivity contribution in [2.45, 2.75) is 53.4 Å². The lowest BCUT2D eigenvalue weighted by Gasteiger charge is -2.24. The average Bonchev–Trinajstić information content (AvgIpc) is 2.73. The van der Waals surface area contributed by atoms with Gasteiger partial charge in [0.25, 0.3) is 0 Å². The number of nitrogens with two attached hydrogens (primary N) is 2. The Bertz CT molecular complexity index is 706. The van der Waals surface area contributed by atoms with Gasteiger partial charge in [-0.3, -0.25) is 4.79 Å². The first-order valence-electron chi connectivity index (χ1n) is 10.5. The van der Waals surface area contributed by atoms with Crippen molar-refractivity contribution in [2.24, 2.45) is 17.4 Å². The second-order valence-corrected chi connectivity index (χ2v) is 6.92. The van der Waals surface area contributed by atoms with Crippen molar-refractivity contribution in [1.29, 1.82) is 0 Å². The van der Waals surface area contributed by atoms with Crippen LogP contribution in [0.3, 0.4) is 0 Å². The maximum absolute atomic E-state index is 12.7. The van der Waals surface area contributed by atoms with E-state index < -0.39 is 0 Å². The molecule has 5 heteroatoms. The molecule has 0 spiro atoms. The Morgan fingerprint density at radius 3 is 2.24 bits per heavy atom. The van der Waals surface area contributed by atoms with Crippen molar-refractivity contribution >= 4 is 23.2 Å². The predicted octanol–water partition coefficient (Wildman–Crippen LogP) is 5.60. The number of rotatable bonds is 7. The lowest BCUT2D eigenvalue weighted by atomic mass is 9.83. The number of carbonyl (C=O) groups excluding carboxylic acids is 1. The summed E-state index contributed by atoms with van der Waals surface area (Å²) in [5.74, 6) is -0.0991. The third-order valence-electron chi connectivity index (χ3n) is 4.37. The van der Waals surface area contributed by atoms with E-state index in [1.54, 1.807) is 12.1 Å². The molecule has 0 saturated carbocycles. The third-order valence-corrected chi connectivity index (χ3v) is 4.61. The molecule has 0 aromatic heterocycles. The molecule has 0 aliphatic carbocycles. The SMILES string of the molecule is CC.CCN.CCc1cccc(C(CCN)C(C)C(=O)Nc2cccc(Cl)c2)c1. The van der Waals surface area contributed by atoms with E-state index in [9.17, 15) is 4.79 Å². The van der Waals surface area contributed by atoms with Crippen molar-refractivity contribution in [3.05, 3.63) is 64.7 Å². The molecule has 0 aliphatic rings. The Hall–Kier alpha value is -1.88. The number of carbonyl (C=O) groups is 1. The average molecular weight is 420 g/mol. The number of nitrogens with one attached hydrogen (secondary N) is 1. The summed E-state index contributed by atoms with van der Waals surface area (Å²) in [6.07, 6.45) is 1.75. The smallest absolute Gasteiger partial charge is 0.227 e. The molecule has 2 aromatic carbocycles. The highest BCUT2D eigenvalue weighted by atomic mass is 35.5. The topological polar surface area (TPSA) is 81.1 Å². The molecule has 0 radical (unpaired) electrons. The predicted molar refractivity (Wildman–Crippen MR) is 128 cm³/mol. The van der Waals surface area contributed by atoms with E-state index in [1.165, 1.54) is 11.1 Å². The molecule has 2 unspecified atom stereocenters. The number of amides is 1. The molecular weight excluding hydrogens is 382 g/mol. The lowest BCUT2D eigenvalue weighted by molar-refractivity contribution is -0.120. The van der Waals surface area contributed by atoms with Gasteiger partial charge in [-0.1, -0.05) is 76.6 Å². The first-order chi connectivity index (χ1) is 14.0. The molecule has 0 fully saturated rings. The van der Waals surface area contributed by atoms with Crippen LogP contribution in [0.15, 0.2) is 48.5 Å². The molecule has 4 nitrogen and oxygen atoms in total. The fraction of sp³-hybridized carbons (Fsp3) is 0.458. The minimum absolute atomic E-state index is 0.0161. The highest BCUT2D eigenvalue weighted by Gasteiger charge is 2.25. The Kier molecular flexibility index (Phi) is 14.9. The van der Waals surface area contributed by atoms with Gasteiger partial charge in [0, 0.05) is 16.6 Å². The van der Waals surface area contributed by atoms with Gasteiger partial charge in [0.05, 0.1) is 0 Å². The molecule has 1 amide bonds. The van der Waals surface area contributed by atoms with Crippen LogP contribution in [0.5, 0.6) is 0 Å². The molecule has 29 heavy (non-hydrogen) atoms. The van der Waals surface area contributed by atoms with Crippen LogP contribution < -0.4 is 16.8 Å². The highest BCUT2D eigenvalue weighted by molar-refractivity contribution is 6.30. The van der Waals surface area contributed by atoms with Gasteiger partial charge >= 0.3 is 0 Å². The van der Waals surface area contributed by atoms with E-state index in [-0.39, 0.29) is 17.7 Å². The zero-order valence-electron chi connectivity index (χ0n) is 18.5. The van der Waals surface area contributed by atoms with Crippen molar-refractivity contribution in [3.63, 3.8) is 0 Å². The van der Waals surface area contributed by atoms with Crippen LogP contribution in [0.2, 0.25) is 5.02 Å². The molecule has 0 heterocycles. The van der Waals surface area contributed by atoms with E-state index >= 15 is 0 Å². The van der Waals surface area contributed by atoms with Gasteiger partial charge in [-0.05, 0) is 61.2 Å². The fourth-order valence-electron chi connectivity index (χ4n) is 2.93. The molecule has 0 aliphatic heterocycles. The fourth-order valence-corrected chi connectivity index (χ4v) is 3.12. The minimum atomic E-state index is -0.181. The summed E-state index contributed by atoms with van der Waals surface area (Å²) in [5, 5.41) is 3.56. The standard InChI is InChI=1S/C20H25ClN2O.C2H7N.C2H6/c1-3-15-6-4-7-16(12-15)19(10-11-22)14(2)20(24)23-18-9-5-8-17(21)13-18;1-2-3;1-2/h4-9,12-14,19H,3,10-11,22H2,1-2H3,(H,23,24);2-3H2,1H3;1-2H3. The maximum Gasteiger partial charge on any atom is 0.227 e. The zero-order chi connectivity index (χ0) is 22.2. The molecule has 0 bridgehead atoms. The number of aryl methyl sites for hydroxylation is 1. The first kappa shape index (κ1) is 27.1. The largest absolute Gasteiger partial charge is 0.331 e. The molecule has 162 valence electrons. The van der Waals surface area contributed by atoms with Gasteiger partial charge in [0.1, 0.15) is 0 Å². The summed E-state index contributed by atoms with van der Waals surface area (Å²) in [5.41, 5.74) is 13.8. The van der Waals surface area contributed by atoms with Crippen molar-refractivity contribution < 1.29 is 4.79 Å². The van der Waals surface area contributed by atoms with Crippen LogP contribution in [-0.4, -0.2) is 19.0 Å². The second-order valence-electron chi connectivity index (χ2n) is 6.48. The lowest BCUT2D eigenvalue weighted by Crippen LogP contribution is -2.27. The summed E-state index contributed by atoms with van der Waals surface area (Å²) >= 11 is 5.98.